The summed E-state index contributed by atoms with van der Waals surface area (Å²) in [5.41, 5.74) is 0. The minimum absolute atomic E-state index is 0.0665. The number of hydrogen-bond acceptors (Lipinski definition) is 4. The summed E-state index contributed by atoms with van der Waals surface area (Å²) in [5, 5.41) is 0. The molecule has 1 saturated heterocycles. The number of likely N-dealkylation sites (tertiary alicyclic amines) is 1. The summed E-state index contributed by atoms with van der Waals surface area (Å²) in [4.78, 5) is 14.7. The molecule has 1 unspecified atom stereocenters. The van der Waals surface area contributed by atoms with Crippen molar-refractivity contribution in [2.45, 2.75) is 50.8 Å². The Bertz CT molecular complexity index is 542. The second-order valence-corrected chi connectivity index (χ2v) is 8.95. The van der Waals surface area contributed by atoms with Gasteiger partial charge in [0.2, 0.25) is 0 Å². The zero-order chi connectivity index (χ0) is 17.6. The van der Waals surface area contributed by atoms with Crippen molar-refractivity contribution in [1.29, 1.82) is 0 Å². The lowest BCUT2D eigenvalue weighted by molar-refractivity contribution is -0.136. The average molecular weight is 352 g/mol. The van der Waals surface area contributed by atoms with E-state index in [9.17, 15) is 4.79 Å². The molecule has 0 bridgehead atoms. The molecule has 0 aliphatic carbocycles. The van der Waals surface area contributed by atoms with Crippen LogP contribution < -0.4 is 9.47 Å². The van der Waals surface area contributed by atoms with Crippen LogP contribution in [-0.2, 0) is 4.79 Å². The molecule has 2 rings (SSSR count). The van der Waals surface area contributed by atoms with Crippen molar-refractivity contribution >= 4 is 17.7 Å². The predicted molar refractivity (Wildman–Crippen MR) is 100 cm³/mol. The summed E-state index contributed by atoms with van der Waals surface area (Å²) in [6.07, 6.45) is 3.37. The number of methoxy groups -OCH3 is 1. The molecule has 1 heterocycles. The molecule has 1 aliphatic heterocycles. The molecule has 1 aromatic carbocycles. The minimum atomic E-state index is 0.0665. The summed E-state index contributed by atoms with van der Waals surface area (Å²) < 4.78 is 11.2. The Balaban J connectivity index is 1.93. The van der Waals surface area contributed by atoms with Gasteiger partial charge in [-0.2, -0.15) is 11.8 Å². The summed E-state index contributed by atoms with van der Waals surface area (Å²) in [6.45, 7) is 7.56. The first-order valence-corrected chi connectivity index (χ1v) is 9.58. The van der Waals surface area contributed by atoms with Gasteiger partial charge in [-0.05, 0) is 31.4 Å². The van der Waals surface area contributed by atoms with E-state index in [1.807, 2.05) is 40.9 Å². The van der Waals surface area contributed by atoms with E-state index < -0.39 is 0 Å². The quantitative estimate of drug-likeness (QED) is 0.777. The van der Waals surface area contributed by atoms with E-state index in [1.54, 1.807) is 7.11 Å². The number of hydrogen-bond donors (Lipinski definition) is 0. The number of nitrogens with zero attached hydrogens (tertiary/aromatic N) is 1. The van der Waals surface area contributed by atoms with E-state index in [2.05, 4.69) is 20.8 Å². The van der Waals surface area contributed by atoms with Crippen LogP contribution in [0.15, 0.2) is 24.3 Å². The molecule has 0 spiro atoms. The summed E-state index contributed by atoms with van der Waals surface area (Å²) in [5.74, 6) is 2.33. The molecule has 1 aliphatic rings. The molecular formula is C19H29NO3S. The van der Waals surface area contributed by atoms with Crippen molar-refractivity contribution in [3.8, 4) is 11.5 Å². The molecule has 0 N–H and O–H groups in total. The van der Waals surface area contributed by atoms with E-state index in [0.717, 1.165) is 25.1 Å². The maximum Gasteiger partial charge on any atom is 0.260 e. The third-order valence-electron chi connectivity index (χ3n) is 4.08. The number of rotatable bonds is 6. The highest BCUT2D eigenvalue weighted by atomic mass is 32.2. The van der Waals surface area contributed by atoms with Crippen LogP contribution in [0.3, 0.4) is 0 Å². The van der Waals surface area contributed by atoms with Crippen LogP contribution in [-0.4, -0.2) is 47.6 Å². The first kappa shape index (κ1) is 19.0. The van der Waals surface area contributed by atoms with Gasteiger partial charge in [-0.1, -0.05) is 32.9 Å². The molecule has 0 radical (unpaired) electrons. The van der Waals surface area contributed by atoms with Gasteiger partial charge in [-0.3, -0.25) is 4.79 Å². The third kappa shape index (κ3) is 5.62. The molecule has 1 amide bonds. The highest BCUT2D eigenvalue weighted by Gasteiger charge is 2.28. The smallest absolute Gasteiger partial charge is 0.260 e. The fraction of sp³-hybridized carbons (Fsp3) is 0.632. The lowest BCUT2D eigenvalue weighted by Gasteiger charge is -2.36. The molecule has 0 saturated carbocycles. The summed E-state index contributed by atoms with van der Waals surface area (Å²) in [7, 11) is 1.61. The Morgan fingerprint density at radius 2 is 1.96 bits per heavy atom. The number of para-hydroxylation sites is 2. The predicted octanol–water partition coefficient (Wildman–Crippen LogP) is 3.99. The maximum absolute atomic E-state index is 12.7. The highest BCUT2D eigenvalue weighted by Crippen LogP contribution is 2.29. The SMILES string of the molecule is COc1ccccc1OCC(=O)N1CCCCC1CSC(C)(C)C. The van der Waals surface area contributed by atoms with Crippen molar-refractivity contribution in [3.05, 3.63) is 24.3 Å². The Morgan fingerprint density at radius 3 is 2.62 bits per heavy atom. The van der Waals surface area contributed by atoms with Crippen LogP contribution in [0.4, 0.5) is 0 Å². The van der Waals surface area contributed by atoms with Crippen molar-refractivity contribution in [2.75, 3.05) is 26.0 Å². The molecule has 24 heavy (non-hydrogen) atoms. The van der Waals surface area contributed by atoms with Gasteiger partial charge in [0.15, 0.2) is 18.1 Å². The zero-order valence-electron chi connectivity index (χ0n) is 15.2. The first-order valence-electron chi connectivity index (χ1n) is 8.60. The molecule has 134 valence electrons. The Morgan fingerprint density at radius 1 is 1.25 bits per heavy atom. The van der Waals surface area contributed by atoms with Crippen LogP contribution in [0.5, 0.6) is 11.5 Å². The number of benzene rings is 1. The molecule has 1 fully saturated rings. The number of carbonyl (C=O) groups excluding carboxylic acids is 1. The topological polar surface area (TPSA) is 38.8 Å². The van der Waals surface area contributed by atoms with E-state index in [1.165, 1.54) is 6.42 Å². The largest absolute Gasteiger partial charge is 0.493 e. The van der Waals surface area contributed by atoms with E-state index in [4.69, 9.17) is 9.47 Å². The normalized spacial score (nSPS) is 18.3. The summed E-state index contributed by atoms with van der Waals surface area (Å²) >= 11 is 1.93. The Kier molecular flexibility index (Phi) is 6.84. The number of ether oxygens (including phenoxy) is 2. The van der Waals surface area contributed by atoms with Crippen LogP contribution >= 0.6 is 11.8 Å². The van der Waals surface area contributed by atoms with Gasteiger partial charge in [0, 0.05) is 23.1 Å². The van der Waals surface area contributed by atoms with Crippen molar-refractivity contribution in [3.63, 3.8) is 0 Å². The van der Waals surface area contributed by atoms with E-state index in [-0.39, 0.29) is 17.3 Å². The van der Waals surface area contributed by atoms with Crippen LogP contribution in [0.1, 0.15) is 40.0 Å². The van der Waals surface area contributed by atoms with Crippen molar-refractivity contribution in [2.24, 2.45) is 0 Å². The first-order chi connectivity index (χ1) is 11.4. The Labute approximate surface area is 149 Å². The molecule has 1 atom stereocenters. The van der Waals surface area contributed by atoms with Gasteiger partial charge < -0.3 is 14.4 Å². The van der Waals surface area contributed by atoms with Gasteiger partial charge >= 0.3 is 0 Å². The Hall–Kier alpha value is -1.36. The van der Waals surface area contributed by atoms with Crippen LogP contribution in [0, 0.1) is 0 Å². The maximum atomic E-state index is 12.7. The van der Waals surface area contributed by atoms with E-state index in [0.29, 0.717) is 17.5 Å². The van der Waals surface area contributed by atoms with Crippen LogP contribution in [0.2, 0.25) is 0 Å². The van der Waals surface area contributed by atoms with Gasteiger partial charge in [0.25, 0.3) is 5.91 Å². The van der Waals surface area contributed by atoms with Gasteiger partial charge in [0.1, 0.15) is 0 Å². The fourth-order valence-electron chi connectivity index (χ4n) is 2.81. The number of amides is 1. The molecule has 0 aromatic heterocycles. The van der Waals surface area contributed by atoms with Crippen LogP contribution in [0.25, 0.3) is 0 Å². The highest BCUT2D eigenvalue weighted by molar-refractivity contribution is 8.00. The summed E-state index contributed by atoms with van der Waals surface area (Å²) in [6, 6.07) is 7.75. The van der Waals surface area contributed by atoms with Gasteiger partial charge in [-0.15, -0.1) is 0 Å². The molecular weight excluding hydrogens is 322 g/mol. The van der Waals surface area contributed by atoms with Gasteiger partial charge in [0.05, 0.1) is 7.11 Å². The standard InChI is InChI=1S/C19H29NO3S/c1-19(2,3)24-14-15-9-7-8-12-20(15)18(21)13-23-17-11-6-5-10-16(17)22-4/h5-6,10-11,15H,7-9,12-14H2,1-4H3. The van der Waals surface area contributed by atoms with Crippen molar-refractivity contribution < 1.29 is 14.3 Å². The fourth-order valence-corrected chi connectivity index (χ4v) is 3.85. The third-order valence-corrected chi connectivity index (χ3v) is 5.49. The molecule has 5 heteroatoms. The molecule has 4 nitrogen and oxygen atoms in total. The molecule has 1 aromatic rings. The second kappa shape index (κ2) is 8.65. The number of carbonyl (C=O) groups is 1. The lowest BCUT2D eigenvalue weighted by atomic mass is 10.0. The van der Waals surface area contributed by atoms with E-state index >= 15 is 0 Å². The second-order valence-electron chi connectivity index (χ2n) is 7.10. The monoisotopic (exact) mass is 351 g/mol. The van der Waals surface area contributed by atoms with Gasteiger partial charge in [-0.25, -0.2) is 0 Å². The average Bonchev–Trinajstić information content (AvgIpc) is 2.57. The zero-order valence-corrected chi connectivity index (χ0v) is 16.0. The minimum Gasteiger partial charge on any atom is -0.493 e. The number of piperidine rings is 1. The lowest BCUT2D eigenvalue weighted by Crippen LogP contribution is -2.47. The van der Waals surface area contributed by atoms with Crippen molar-refractivity contribution in [1.82, 2.24) is 4.90 Å². The number of thioether (sulfide) groups is 1.